The predicted molar refractivity (Wildman–Crippen MR) is 170 cm³/mol. The summed E-state index contributed by atoms with van der Waals surface area (Å²) in [5.41, 5.74) is 2.00. The zero-order valence-electron chi connectivity index (χ0n) is 26.6. The number of para-hydroxylation sites is 1. The van der Waals surface area contributed by atoms with Gasteiger partial charge < -0.3 is 20.5 Å². The molecule has 0 amide bonds. The molecule has 1 aromatic heterocycles. The fraction of sp³-hybridized carbons (Fsp3) is 0.784. The molecular weight excluding hydrogens is 504 g/mol. The van der Waals surface area contributed by atoms with Crippen LogP contribution >= 0.6 is 0 Å². The summed E-state index contributed by atoms with van der Waals surface area (Å²) in [4.78, 5) is 3.43. The van der Waals surface area contributed by atoms with Gasteiger partial charge in [0.15, 0.2) is 0 Å². The molecule has 4 heteroatoms. The van der Waals surface area contributed by atoms with Gasteiger partial charge in [0.1, 0.15) is 0 Å². The van der Waals surface area contributed by atoms with Crippen LogP contribution in [0.4, 0.5) is 0 Å². The molecule has 4 N–H and O–H groups in total. The summed E-state index contributed by atoms with van der Waals surface area (Å²) in [5, 5.41) is 28.7. The Balaban J connectivity index is 1.22. The van der Waals surface area contributed by atoms with Crippen molar-refractivity contribution < 1.29 is 10.2 Å². The molecule has 41 heavy (non-hydrogen) atoms. The average Bonchev–Trinajstić information content (AvgIpc) is 3.50. The third-order valence-corrected chi connectivity index (χ3v) is 13.5. The molecule has 0 radical (unpaired) electrons. The summed E-state index contributed by atoms with van der Waals surface area (Å²) in [6.45, 7) is 13.2. The van der Waals surface area contributed by atoms with Gasteiger partial charge in [0.25, 0.3) is 0 Å². The second-order valence-corrected chi connectivity index (χ2v) is 16.0. The van der Waals surface area contributed by atoms with Crippen LogP contribution in [0.1, 0.15) is 111 Å². The molecule has 6 rings (SSSR count). The lowest BCUT2D eigenvalue weighted by Crippen LogP contribution is -2.71. The minimum absolute atomic E-state index is 0.0405. The minimum atomic E-state index is -0.845. The first kappa shape index (κ1) is 29.7. The van der Waals surface area contributed by atoms with Gasteiger partial charge in [-0.15, -0.1) is 0 Å². The maximum atomic E-state index is 12.6. The molecule has 2 aromatic rings. The minimum Gasteiger partial charge on any atom is -0.393 e. The van der Waals surface area contributed by atoms with Crippen LogP contribution in [0.5, 0.6) is 0 Å². The summed E-state index contributed by atoms with van der Waals surface area (Å²) < 4.78 is 0. The highest BCUT2D eigenvalue weighted by molar-refractivity contribution is 5.83. The number of aliphatic hydroxyl groups excluding tert-OH is 1. The van der Waals surface area contributed by atoms with Crippen LogP contribution in [-0.4, -0.2) is 39.5 Å². The van der Waals surface area contributed by atoms with E-state index in [1.54, 1.807) is 0 Å². The normalized spacial score (nSPS) is 41.3. The number of aromatic nitrogens is 1. The van der Waals surface area contributed by atoms with Gasteiger partial charge in [-0.1, -0.05) is 72.1 Å². The van der Waals surface area contributed by atoms with E-state index in [0.29, 0.717) is 23.7 Å². The SMILES string of the molecule is CC(C)CCC[C@@H](C)[C@H]1CC[C@H]2[C@@H]3CC(NCCc4c[nH]c5ccccc45)C4(O)CC(O)CC[C@]4(C)[C@H]3CC[C@]12C. The lowest BCUT2D eigenvalue weighted by molar-refractivity contribution is -0.234. The number of rotatable bonds is 9. The first-order chi connectivity index (χ1) is 19.6. The Morgan fingerprint density at radius 1 is 1.00 bits per heavy atom. The van der Waals surface area contributed by atoms with E-state index >= 15 is 0 Å². The van der Waals surface area contributed by atoms with Crippen molar-refractivity contribution in [2.75, 3.05) is 6.54 Å². The van der Waals surface area contributed by atoms with Crippen LogP contribution in [0.3, 0.4) is 0 Å². The maximum Gasteiger partial charge on any atom is 0.0880 e. The Morgan fingerprint density at radius 3 is 2.61 bits per heavy atom. The van der Waals surface area contributed by atoms with E-state index in [9.17, 15) is 10.2 Å². The van der Waals surface area contributed by atoms with E-state index in [1.165, 1.54) is 61.4 Å². The molecule has 3 unspecified atom stereocenters. The summed E-state index contributed by atoms with van der Waals surface area (Å²) in [6, 6.07) is 8.59. The third-order valence-electron chi connectivity index (χ3n) is 13.5. The highest BCUT2D eigenvalue weighted by Gasteiger charge is 2.67. The van der Waals surface area contributed by atoms with Gasteiger partial charge in [0.05, 0.1) is 11.7 Å². The Morgan fingerprint density at radius 2 is 1.80 bits per heavy atom. The lowest BCUT2D eigenvalue weighted by atomic mass is 9.42. The molecule has 0 spiro atoms. The molecule has 0 saturated heterocycles. The molecule has 4 aliphatic rings. The molecular formula is C37H58N2O2. The molecule has 1 heterocycles. The monoisotopic (exact) mass is 562 g/mol. The fourth-order valence-electron chi connectivity index (χ4n) is 11.3. The lowest BCUT2D eigenvalue weighted by Gasteiger charge is -2.66. The smallest absolute Gasteiger partial charge is 0.0880 e. The Kier molecular flexibility index (Phi) is 8.18. The first-order valence-electron chi connectivity index (χ1n) is 17.3. The van der Waals surface area contributed by atoms with Gasteiger partial charge in [-0.05, 0) is 110 Å². The van der Waals surface area contributed by atoms with Crippen LogP contribution in [0.15, 0.2) is 30.5 Å². The number of nitrogens with one attached hydrogen (secondary N) is 2. The van der Waals surface area contributed by atoms with Gasteiger partial charge in [0, 0.05) is 35.0 Å². The predicted octanol–water partition coefficient (Wildman–Crippen LogP) is 7.88. The third kappa shape index (κ3) is 5.02. The topological polar surface area (TPSA) is 68.3 Å². The van der Waals surface area contributed by atoms with E-state index < -0.39 is 5.60 Å². The van der Waals surface area contributed by atoms with Crippen molar-refractivity contribution in [3.05, 3.63) is 36.0 Å². The molecule has 228 valence electrons. The molecule has 0 bridgehead atoms. The number of hydrogen-bond acceptors (Lipinski definition) is 3. The van der Waals surface area contributed by atoms with E-state index in [0.717, 1.165) is 55.9 Å². The quantitative estimate of drug-likeness (QED) is 0.251. The van der Waals surface area contributed by atoms with Crippen molar-refractivity contribution in [1.29, 1.82) is 0 Å². The van der Waals surface area contributed by atoms with Crippen molar-refractivity contribution in [3.8, 4) is 0 Å². The standard InChI is InChI=1S/C37H58N2O2/c1-24(2)9-8-10-25(3)30-13-14-31-29-21-34(38-20-17-26-23-39-33-12-7-6-11-28(26)33)37(41)22-27(40)15-19-36(37,5)32(29)16-18-35(30,31)4/h6-7,11-12,23-25,27,29-32,34,38-41H,8-10,13-22H2,1-5H3/t25-,27?,29+,30-,31+,32+,34?,35-,36-,37?/m1/s1. The van der Waals surface area contributed by atoms with Crippen LogP contribution in [-0.2, 0) is 6.42 Å². The first-order valence-corrected chi connectivity index (χ1v) is 17.3. The summed E-state index contributed by atoms with van der Waals surface area (Å²) >= 11 is 0. The van der Waals surface area contributed by atoms with Crippen LogP contribution < -0.4 is 5.32 Å². The molecule has 0 aliphatic heterocycles. The Bertz CT molecular complexity index is 1190. The summed E-state index contributed by atoms with van der Waals surface area (Å²) in [5.74, 6) is 4.47. The highest BCUT2D eigenvalue weighted by Crippen LogP contribution is 2.69. The summed E-state index contributed by atoms with van der Waals surface area (Å²) in [7, 11) is 0. The van der Waals surface area contributed by atoms with Crippen LogP contribution in [0.2, 0.25) is 0 Å². The Hall–Kier alpha value is -1.36. The van der Waals surface area contributed by atoms with E-state index in [-0.39, 0.29) is 17.6 Å². The van der Waals surface area contributed by atoms with Crippen molar-refractivity contribution >= 4 is 10.9 Å². The number of hydrogen-bond donors (Lipinski definition) is 4. The second-order valence-electron chi connectivity index (χ2n) is 16.0. The summed E-state index contributed by atoms with van der Waals surface area (Å²) in [6.07, 6.45) is 15.5. The largest absolute Gasteiger partial charge is 0.393 e. The van der Waals surface area contributed by atoms with Crippen molar-refractivity contribution in [2.45, 2.75) is 129 Å². The second kappa shape index (κ2) is 11.3. The zero-order chi connectivity index (χ0) is 29.0. The van der Waals surface area contributed by atoms with Crippen molar-refractivity contribution in [3.63, 3.8) is 0 Å². The van der Waals surface area contributed by atoms with Gasteiger partial charge in [-0.25, -0.2) is 0 Å². The van der Waals surface area contributed by atoms with Crippen LogP contribution in [0, 0.1) is 46.3 Å². The number of benzene rings is 1. The zero-order valence-corrected chi connectivity index (χ0v) is 26.6. The number of aliphatic hydroxyl groups is 2. The van der Waals surface area contributed by atoms with Gasteiger partial charge in [-0.2, -0.15) is 0 Å². The molecule has 1 aromatic carbocycles. The van der Waals surface area contributed by atoms with Gasteiger partial charge in [-0.3, -0.25) is 0 Å². The fourth-order valence-corrected chi connectivity index (χ4v) is 11.3. The van der Waals surface area contributed by atoms with E-state index in [4.69, 9.17) is 0 Å². The number of fused-ring (bicyclic) bond motifs is 6. The van der Waals surface area contributed by atoms with E-state index in [1.807, 2.05) is 0 Å². The molecule has 10 atom stereocenters. The molecule has 4 fully saturated rings. The average molecular weight is 563 g/mol. The highest BCUT2D eigenvalue weighted by atomic mass is 16.3. The van der Waals surface area contributed by atoms with Gasteiger partial charge >= 0.3 is 0 Å². The molecule has 4 aliphatic carbocycles. The number of aromatic amines is 1. The molecule has 4 nitrogen and oxygen atoms in total. The molecule has 4 saturated carbocycles. The maximum absolute atomic E-state index is 12.6. The van der Waals surface area contributed by atoms with Crippen molar-refractivity contribution in [1.82, 2.24) is 10.3 Å². The van der Waals surface area contributed by atoms with Crippen molar-refractivity contribution in [2.24, 2.45) is 46.3 Å². The van der Waals surface area contributed by atoms with E-state index in [2.05, 4.69) is 75.4 Å². The van der Waals surface area contributed by atoms with Crippen LogP contribution in [0.25, 0.3) is 10.9 Å². The number of H-pyrrole nitrogens is 1. The Labute approximate surface area is 249 Å². The van der Waals surface area contributed by atoms with Gasteiger partial charge in [0.2, 0.25) is 0 Å².